The Morgan fingerprint density at radius 3 is 2.24 bits per heavy atom. The van der Waals surface area contributed by atoms with Crippen LogP contribution in [0.2, 0.25) is 0 Å². The van der Waals surface area contributed by atoms with Crippen molar-refractivity contribution in [1.29, 1.82) is 0 Å². The monoisotopic (exact) mass is 329 g/mol. The normalized spacial score (nSPS) is 18.9. The van der Waals surface area contributed by atoms with Gasteiger partial charge in [-0.3, -0.25) is 0 Å². The quantitative estimate of drug-likeness (QED) is 0.782. The number of hydrogen-bond donors (Lipinski definition) is 0. The van der Waals surface area contributed by atoms with Gasteiger partial charge >= 0.3 is 6.18 Å². The maximum atomic E-state index is 13.2. The van der Waals surface area contributed by atoms with E-state index < -0.39 is 38.6 Å². The molecule has 1 heterocycles. The largest absolute Gasteiger partial charge is 0.419 e. The predicted molar refractivity (Wildman–Crippen MR) is 64.3 cm³/mol. The van der Waals surface area contributed by atoms with Crippen molar-refractivity contribution in [3.8, 4) is 0 Å². The minimum atomic E-state index is -4.98. The van der Waals surface area contributed by atoms with Crippen molar-refractivity contribution < 1.29 is 30.4 Å². The van der Waals surface area contributed by atoms with Gasteiger partial charge in [-0.25, -0.2) is 17.2 Å². The summed E-state index contributed by atoms with van der Waals surface area (Å²) in [5.74, 6) is -1.54. The van der Waals surface area contributed by atoms with Gasteiger partial charge in [-0.05, 0) is 31.0 Å². The number of nitrogens with zero attached hydrogens (tertiary/aromatic N) is 1. The van der Waals surface area contributed by atoms with E-state index in [9.17, 15) is 30.4 Å². The molecule has 0 aliphatic carbocycles. The highest BCUT2D eigenvalue weighted by Crippen LogP contribution is 2.33. The minimum absolute atomic E-state index is 0.00739. The Hall–Kier alpha value is -1.22. The molecule has 0 bridgehead atoms. The molecule has 1 saturated heterocycles. The molecule has 0 spiro atoms. The second-order valence-electron chi connectivity index (χ2n) is 4.72. The number of benzene rings is 1. The third-order valence-corrected chi connectivity index (χ3v) is 5.16. The van der Waals surface area contributed by atoms with Crippen LogP contribution in [0.15, 0.2) is 23.1 Å². The maximum Gasteiger partial charge on any atom is 0.419 e. The van der Waals surface area contributed by atoms with Crippen molar-refractivity contribution in [3.63, 3.8) is 0 Å². The molecule has 0 saturated carbocycles. The lowest BCUT2D eigenvalue weighted by atomic mass is 10.1. The number of alkyl halides is 4. The fraction of sp³-hybridized carbons (Fsp3) is 0.500. The van der Waals surface area contributed by atoms with E-state index in [1.165, 1.54) is 0 Å². The SMILES string of the molecule is O=S(=O)(c1ccc(F)c(C(F)(F)F)c1)N1CCC(F)CC1. The molecule has 0 unspecified atom stereocenters. The molecule has 0 N–H and O–H groups in total. The Morgan fingerprint density at radius 1 is 1.14 bits per heavy atom. The zero-order valence-corrected chi connectivity index (χ0v) is 11.5. The van der Waals surface area contributed by atoms with Gasteiger partial charge in [0.25, 0.3) is 0 Å². The topological polar surface area (TPSA) is 37.4 Å². The smallest absolute Gasteiger partial charge is 0.247 e. The van der Waals surface area contributed by atoms with Crippen LogP contribution in [-0.4, -0.2) is 32.0 Å². The third kappa shape index (κ3) is 3.34. The lowest BCUT2D eigenvalue weighted by Crippen LogP contribution is -2.39. The zero-order valence-electron chi connectivity index (χ0n) is 10.7. The van der Waals surface area contributed by atoms with Crippen LogP contribution in [0.1, 0.15) is 18.4 Å². The van der Waals surface area contributed by atoms with Gasteiger partial charge in [0.15, 0.2) is 0 Å². The van der Waals surface area contributed by atoms with Crippen molar-refractivity contribution >= 4 is 10.0 Å². The van der Waals surface area contributed by atoms with Crippen LogP contribution in [-0.2, 0) is 16.2 Å². The van der Waals surface area contributed by atoms with Gasteiger partial charge < -0.3 is 0 Å². The molecule has 21 heavy (non-hydrogen) atoms. The number of hydrogen-bond acceptors (Lipinski definition) is 2. The van der Waals surface area contributed by atoms with Crippen LogP contribution < -0.4 is 0 Å². The Bertz CT molecular complexity index is 621. The Morgan fingerprint density at radius 2 is 1.71 bits per heavy atom. The summed E-state index contributed by atoms with van der Waals surface area (Å²) < 4.78 is 89.3. The Balaban J connectivity index is 2.37. The van der Waals surface area contributed by atoms with E-state index in [1.54, 1.807) is 0 Å². The zero-order chi connectivity index (χ0) is 15.8. The van der Waals surface area contributed by atoms with Crippen molar-refractivity contribution in [2.75, 3.05) is 13.1 Å². The van der Waals surface area contributed by atoms with Crippen LogP contribution >= 0.6 is 0 Å². The molecule has 0 radical (unpaired) electrons. The summed E-state index contributed by atoms with van der Waals surface area (Å²) in [7, 11) is -4.18. The second-order valence-corrected chi connectivity index (χ2v) is 6.66. The lowest BCUT2D eigenvalue weighted by Gasteiger charge is -2.28. The molecule has 0 atom stereocenters. The highest BCUT2D eigenvalue weighted by Gasteiger charge is 2.36. The molecule has 3 nitrogen and oxygen atoms in total. The molecule has 0 aromatic heterocycles. The standard InChI is InChI=1S/C12H12F5NO2S/c13-8-3-5-18(6-4-8)21(19,20)9-1-2-11(14)10(7-9)12(15,16)17/h1-2,7-8H,3-6H2. The van der Waals surface area contributed by atoms with Gasteiger partial charge in [0.1, 0.15) is 12.0 Å². The summed E-state index contributed by atoms with van der Waals surface area (Å²) in [6, 6.07) is 1.52. The highest BCUT2D eigenvalue weighted by molar-refractivity contribution is 7.89. The molecule has 1 fully saturated rings. The van der Waals surface area contributed by atoms with Gasteiger partial charge in [0.2, 0.25) is 10.0 Å². The molecule has 118 valence electrons. The molecule has 9 heteroatoms. The van der Waals surface area contributed by atoms with Gasteiger partial charge in [0, 0.05) is 13.1 Å². The van der Waals surface area contributed by atoms with Crippen molar-refractivity contribution in [2.24, 2.45) is 0 Å². The van der Waals surface area contributed by atoms with Crippen LogP contribution in [0.5, 0.6) is 0 Å². The summed E-state index contributed by atoms with van der Waals surface area (Å²) in [5.41, 5.74) is -1.64. The minimum Gasteiger partial charge on any atom is -0.247 e. The van der Waals surface area contributed by atoms with Gasteiger partial charge in [-0.15, -0.1) is 0 Å². The summed E-state index contributed by atoms with van der Waals surface area (Å²) in [6.45, 7) is -0.218. The second kappa shape index (κ2) is 5.53. The molecular weight excluding hydrogens is 317 g/mol. The van der Waals surface area contributed by atoms with E-state index in [1.807, 2.05) is 0 Å². The van der Waals surface area contributed by atoms with Gasteiger partial charge in [-0.2, -0.15) is 17.5 Å². The molecule has 2 rings (SSSR count). The number of sulfonamides is 1. The third-order valence-electron chi connectivity index (χ3n) is 3.26. The number of halogens is 5. The molecule has 1 aromatic carbocycles. The summed E-state index contributed by atoms with van der Waals surface area (Å²) in [5, 5.41) is 0. The van der Waals surface area contributed by atoms with Gasteiger partial charge in [0.05, 0.1) is 10.5 Å². The van der Waals surface area contributed by atoms with Crippen molar-refractivity contribution in [3.05, 3.63) is 29.6 Å². The fourth-order valence-corrected chi connectivity index (χ4v) is 3.59. The predicted octanol–water partition coefficient (Wildman–Crippen LogP) is 2.97. The molecule has 1 aromatic rings. The van der Waals surface area contributed by atoms with E-state index in [2.05, 4.69) is 0 Å². The first kappa shape index (κ1) is 16.2. The summed E-state index contributed by atoms with van der Waals surface area (Å²) >= 11 is 0. The van der Waals surface area contributed by atoms with Crippen LogP contribution in [0.4, 0.5) is 22.0 Å². The van der Waals surface area contributed by atoms with Crippen LogP contribution in [0.3, 0.4) is 0 Å². The van der Waals surface area contributed by atoms with E-state index in [0.29, 0.717) is 6.07 Å². The van der Waals surface area contributed by atoms with Gasteiger partial charge in [-0.1, -0.05) is 0 Å². The first-order valence-electron chi connectivity index (χ1n) is 6.13. The van der Waals surface area contributed by atoms with E-state index in [-0.39, 0.29) is 32.0 Å². The van der Waals surface area contributed by atoms with Crippen molar-refractivity contribution in [1.82, 2.24) is 4.31 Å². The average Bonchev–Trinajstić information content (AvgIpc) is 2.38. The van der Waals surface area contributed by atoms with E-state index in [4.69, 9.17) is 0 Å². The molecule has 1 aliphatic rings. The van der Waals surface area contributed by atoms with E-state index >= 15 is 0 Å². The number of piperidine rings is 1. The highest BCUT2D eigenvalue weighted by atomic mass is 32.2. The molecule has 1 aliphatic heterocycles. The van der Waals surface area contributed by atoms with E-state index in [0.717, 1.165) is 10.4 Å². The van der Waals surface area contributed by atoms with Crippen LogP contribution in [0, 0.1) is 5.82 Å². The maximum absolute atomic E-state index is 13.2. The fourth-order valence-electron chi connectivity index (χ4n) is 2.10. The number of rotatable bonds is 2. The average molecular weight is 329 g/mol. The first-order valence-corrected chi connectivity index (χ1v) is 7.57. The summed E-state index contributed by atoms with van der Waals surface area (Å²) in [6.07, 6.45) is -6.11. The lowest BCUT2D eigenvalue weighted by molar-refractivity contribution is -0.140. The molecular formula is C12H12F5NO2S. The van der Waals surface area contributed by atoms with Crippen molar-refractivity contribution in [2.45, 2.75) is 30.1 Å². The Kier molecular flexibility index (Phi) is 4.25. The molecule has 0 amide bonds. The Labute approximate surface area is 118 Å². The summed E-state index contributed by atoms with van der Waals surface area (Å²) in [4.78, 5) is -0.645. The first-order chi connectivity index (χ1) is 9.62. The van der Waals surface area contributed by atoms with Crippen LogP contribution in [0.25, 0.3) is 0 Å².